The molecule has 2 atom stereocenters. The number of hydrogen-bond acceptors (Lipinski definition) is 6. The van der Waals surface area contributed by atoms with Crippen LogP contribution in [0.4, 0.5) is 0 Å². The fourth-order valence-electron chi connectivity index (χ4n) is 4.36. The summed E-state index contributed by atoms with van der Waals surface area (Å²) in [6.45, 7) is 6.05. The zero-order valence-electron chi connectivity index (χ0n) is 16.5. The molecule has 0 spiro atoms. The summed E-state index contributed by atoms with van der Waals surface area (Å²) in [6.07, 6.45) is 4.35. The molecule has 27 heavy (non-hydrogen) atoms. The molecule has 3 heterocycles. The summed E-state index contributed by atoms with van der Waals surface area (Å²) in [6, 6.07) is 4.05. The van der Waals surface area contributed by atoms with Gasteiger partial charge in [0.25, 0.3) is 5.91 Å². The summed E-state index contributed by atoms with van der Waals surface area (Å²) in [5.74, 6) is 0.766. The van der Waals surface area contributed by atoms with Crippen LogP contribution in [0.5, 0.6) is 5.88 Å². The van der Waals surface area contributed by atoms with Gasteiger partial charge in [0.1, 0.15) is 5.56 Å². The fourth-order valence-corrected chi connectivity index (χ4v) is 4.36. The highest BCUT2D eigenvalue weighted by molar-refractivity contribution is 5.96. The predicted molar refractivity (Wildman–Crippen MR) is 104 cm³/mol. The zero-order valence-corrected chi connectivity index (χ0v) is 16.5. The third kappa shape index (κ3) is 4.78. The number of methoxy groups -OCH3 is 1. The van der Waals surface area contributed by atoms with E-state index >= 15 is 0 Å². The van der Waals surface area contributed by atoms with E-state index < -0.39 is 0 Å². The first kappa shape index (κ1) is 20.0. The third-order valence-corrected chi connectivity index (χ3v) is 5.92. The summed E-state index contributed by atoms with van der Waals surface area (Å²) in [4.78, 5) is 24.1. The van der Waals surface area contributed by atoms with Crippen molar-refractivity contribution in [1.82, 2.24) is 19.7 Å². The molecule has 3 rings (SSSR count). The maximum Gasteiger partial charge on any atom is 0.259 e. The minimum atomic E-state index is -0.00854. The SMILES string of the molecule is COc1ncccc1C(=O)N1CCC(N2CCN(C)CC2)C(CCCO)C1. The van der Waals surface area contributed by atoms with Gasteiger partial charge in [-0.25, -0.2) is 4.98 Å². The Balaban J connectivity index is 1.70. The third-order valence-electron chi connectivity index (χ3n) is 5.92. The number of aromatic nitrogens is 1. The number of ether oxygens (including phenoxy) is 1. The van der Waals surface area contributed by atoms with Crippen molar-refractivity contribution in [3.63, 3.8) is 0 Å². The molecule has 2 aliphatic heterocycles. The van der Waals surface area contributed by atoms with E-state index in [2.05, 4.69) is 21.8 Å². The number of likely N-dealkylation sites (N-methyl/N-ethyl adjacent to an activating group) is 1. The Bertz CT molecular complexity index is 619. The van der Waals surface area contributed by atoms with E-state index in [1.807, 2.05) is 4.90 Å². The second-order valence-corrected chi connectivity index (χ2v) is 7.63. The number of pyridine rings is 1. The van der Waals surface area contributed by atoms with E-state index in [4.69, 9.17) is 4.74 Å². The molecule has 150 valence electrons. The van der Waals surface area contributed by atoms with Crippen molar-refractivity contribution in [1.29, 1.82) is 0 Å². The Morgan fingerprint density at radius 2 is 2.07 bits per heavy atom. The molecule has 2 unspecified atom stereocenters. The Hall–Kier alpha value is -1.70. The molecular formula is C20H32N4O3. The number of hydrogen-bond donors (Lipinski definition) is 1. The summed E-state index contributed by atoms with van der Waals surface area (Å²) < 4.78 is 5.27. The van der Waals surface area contributed by atoms with Crippen LogP contribution < -0.4 is 4.74 Å². The fraction of sp³-hybridized carbons (Fsp3) is 0.700. The molecule has 2 saturated heterocycles. The maximum atomic E-state index is 13.1. The van der Waals surface area contributed by atoms with Gasteiger partial charge in [0.2, 0.25) is 5.88 Å². The van der Waals surface area contributed by atoms with Gasteiger partial charge in [0.15, 0.2) is 0 Å². The van der Waals surface area contributed by atoms with Gasteiger partial charge in [-0.3, -0.25) is 9.69 Å². The molecule has 2 aliphatic rings. The molecular weight excluding hydrogens is 344 g/mol. The molecule has 2 fully saturated rings. The lowest BCUT2D eigenvalue weighted by Gasteiger charge is -2.46. The number of piperidine rings is 1. The molecule has 1 amide bonds. The molecule has 0 aromatic carbocycles. The highest BCUT2D eigenvalue weighted by Crippen LogP contribution is 2.29. The Labute approximate surface area is 161 Å². The molecule has 1 N–H and O–H groups in total. The van der Waals surface area contributed by atoms with Gasteiger partial charge >= 0.3 is 0 Å². The van der Waals surface area contributed by atoms with Crippen LogP contribution >= 0.6 is 0 Å². The Morgan fingerprint density at radius 3 is 2.78 bits per heavy atom. The number of aliphatic hydroxyl groups is 1. The van der Waals surface area contributed by atoms with Crippen LogP contribution in [-0.4, -0.2) is 96.8 Å². The Kier molecular flexibility index (Phi) is 7.04. The van der Waals surface area contributed by atoms with Crippen molar-refractivity contribution in [2.75, 3.05) is 60.0 Å². The summed E-state index contributed by atoms with van der Waals surface area (Å²) in [5, 5.41) is 9.32. The number of nitrogens with zero attached hydrogens (tertiary/aromatic N) is 4. The monoisotopic (exact) mass is 376 g/mol. The van der Waals surface area contributed by atoms with Crippen LogP contribution in [0.3, 0.4) is 0 Å². The average molecular weight is 377 g/mol. The molecule has 0 bridgehead atoms. The maximum absolute atomic E-state index is 13.1. The van der Waals surface area contributed by atoms with Crippen LogP contribution in [0.15, 0.2) is 18.3 Å². The molecule has 0 saturated carbocycles. The number of carbonyl (C=O) groups excluding carboxylic acids is 1. The molecule has 1 aromatic heterocycles. The first-order valence-electron chi connectivity index (χ1n) is 9.95. The molecule has 0 radical (unpaired) electrons. The quantitative estimate of drug-likeness (QED) is 0.797. The van der Waals surface area contributed by atoms with Crippen molar-refractivity contribution in [3.05, 3.63) is 23.9 Å². The lowest BCUT2D eigenvalue weighted by atomic mass is 9.86. The van der Waals surface area contributed by atoms with E-state index in [1.54, 1.807) is 25.4 Å². The number of rotatable bonds is 6. The standard InChI is InChI=1S/C20H32N4O3/c1-22-10-12-23(13-11-22)18-7-9-24(15-16(18)5-4-14-25)20(26)17-6-3-8-21-19(17)27-2/h3,6,8,16,18,25H,4-5,7,9-15H2,1-2H3. The summed E-state index contributed by atoms with van der Waals surface area (Å²) >= 11 is 0. The van der Waals surface area contributed by atoms with E-state index in [0.29, 0.717) is 23.4 Å². The van der Waals surface area contributed by atoms with Crippen LogP contribution in [-0.2, 0) is 0 Å². The van der Waals surface area contributed by atoms with Crippen molar-refractivity contribution < 1.29 is 14.6 Å². The molecule has 1 aromatic rings. The summed E-state index contributed by atoms with van der Waals surface area (Å²) in [7, 11) is 3.71. The molecule has 7 nitrogen and oxygen atoms in total. The van der Waals surface area contributed by atoms with Crippen LogP contribution in [0.1, 0.15) is 29.6 Å². The van der Waals surface area contributed by atoms with Gasteiger partial charge in [0.05, 0.1) is 7.11 Å². The van der Waals surface area contributed by atoms with Crippen molar-refractivity contribution in [2.45, 2.75) is 25.3 Å². The largest absolute Gasteiger partial charge is 0.480 e. The van der Waals surface area contributed by atoms with E-state index in [-0.39, 0.29) is 12.5 Å². The minimum Gasteiger partial charge on any atom is -0.480 e. The average Bonchev–Trinajstić information content (AvgIpc) is 2.72. The predicted octanol–water partition coefficient (Wildman–Crippen LogP) is 0.941. The highest BCUT2D eigenvalue weighted by Gasteiger charge is 2.36. The lowest BCUT2D eigenvalue weighted by Crippen LogP contribution is -2.57. The van der Waals surface area contributed by atoms with E-state index in [0.717, 1.165) is 58.5 Å². The van der Waals surface area contributed by atoms with Crippen LogP contribution in [0, 0.1) is 5.92 Å². The van der Waals surface area contributed by atoms with E-state index in [9.17, 15) is 9.90 Å². The van der Waals surface area contributed by atoms with Gasteiger partial charge in [-0.15, -0.1) is 0 Å². The number of aliphatic hydroxyl groups excluding tert-OH is 1. The van der Waals surface area contributed by atoms with Gasteiger partial charge in [-0.05, 0) is 44.4 Å². The van der Waals surface area contributed by atoms with Crippen molar-refractivity contribution >= 4 is 5.91 Å². The molecule has 7 heteroatoms. The van der Waals surface area contributed by atoms with Crippen LogP contribution in [0.2, 0.25) is 0 Å². The van der Waals surface area contributed by atoms with Gasteiger partial charge in [-0.1, -0.05) is 0 Å². The van der Waals surface area contributed by atoms with E-state index in [1.165, 1.54) is 0 Å². The number of carbonyl (C=O) groups is 1. The van der Waals surface area contributed by atoms with Gasteiger partial charge < -0.3 is 19.6 Å². The van der Waals surface area contributed by atoms with Crippen molar-refractivity contribution in [2.24, 2.45) is 5.92 Å². The first-order chi connectivity index (χ1) is 13.1. The van der Waals surface area contributed by atoms with Crippen molar-refractivity contribution in [3.8, 4) is 5.88 Å². The van der Waals surface area contributed by atoms with Gasteiger partial charge in [0, 0.05) is 58.1 Å². The smallest absolute Gasteiger partial charge is 0.259 e. The number of likely N-dealkylation sites (tertiary alicyclic amines) is 1. The number of piperazine rings is 1. The topological polar surface area (TPSA) is 69.1 Å². The molecule has 0 aliphatic carbocycles. The normalized spacial score (nSPS) is 24.8. The first-order valence-corrected chi connectivity index (χ1v) is 9.95. The summed E-state index contributed by atoms with van der Waals surface area (Å²) in [5.41, 5.74) is 0.527. The minimum absolute atomic E-state index is 0.00854. The van der Waals surface area contributed by atoms with Crippen LogP contribution in [0.25, 0.3) is 0 Å². The highest BCUT2D eigenvalue weighted by atomic mass is 16.5. The Morgan fingerprint density at radius 1 is 1.30 bits per heavy atom. The zero-order chi connectivity index (χ0) is 19.2. The second kappa shape index (κ2) is 9.48. The van der Waals surface area contributed by atoms with Gasteiger partial charge in [-0.2, -0.15) is 0 Å². The lowest BCUT2D eigenvalue weighted by molar-refractivity contribution is 0.0216. The second-order valence-electron chi connectivity index (χ2n) is 7.63. The number of amides is 1.